The Kier molecular flexibility index (Phi) is 7.80. The van der Waals surface area contributed by atoms with E-state index in [2.05, 4.69) is 30.4 Å². The second-order valence-electron chi connectivity index (χ2n) is 8.71. The van der Waals surface area contributed by atoms with E-state index in [4.69, 9.17) is 21.1 Å². The molecule has 1 saturated heterocycles. The zero-order chi connectivity index (χ0) is 24.7. The lowest BCUT2D eigenvalue weighted by Gasteiger charge is -2.22. The van der Waals surface area contributed by atoms with Crippen LogP contribution in [-0.2, 0) is 6.61 Å². The van der Waals surface area contributed by atoms with E-state index in [0.717, 1.165) is 54.6 Å². The van der Waals surface area contributed by atoms with Crippen LogP contribution in [0.15, 0.2) is 54.9 Å². The first-order chi connectivity index (χ1) is 17.7. The van der Waals surface area contributed by atoms with Crippen LogP contribution in [0.25, 0.3) is 10.9 Å². The van der Waals surface area contributed by atoms with E-state index in [0.29, 0.717) is 35.7 Å². The molecule has 5 rings (SSSR count). The van der Waals surface area contributed by atoms with Crippen molar-refractivity contribution in [2.75, 3.05) is 31.6 Å². The highest BCUT2D eigenvalue weighted by molar-refractivity contribution is 6.32. The number of hydrogen-bond acceptors (Lipinski definition) is 8. The summed E-state index contributed by atoms with van der Waals surface area (Å²) in [5.74, 6) is 1.70. The van der Waals surface area contributed by atoms with Crippen LogP contribution >= 0.6 is 11.6 Å². The number of aromatic amines is 1. The number of pyridine rings is 2. The molecule has 4 aromatic rings. The Morgan fingerprint density at radius 1 is 1.14 bits per heavy atom. The molecule has 1 aliphatic heterocycles. The molecular formula is C26H29ClN6O3. The van der Waals surface area contributed by atoms with Gasteiger partial charge in [0.05, 0.1) is 29.4 Å². The maximum Gasteiger partial charge on any atom is 0.244 e. The SMILES string of the molecule is OC[C@H]1CCCN1CCCOc1n[nH]c2ccnc(Nc3ccc(OCc4ccccn4)c(Cl)c3)c12. The number of aliphatic hydroxyl groups excluding tert-OH is 1. The lowest BCUT2D eigenvalue weighted by molar-refractivity contribution is 0.150. The molecule has 0 unspecified atom stereocenters. The Morgan fingerprint density at radius 3 is 2.92 bits per heavy atom. The fraction of sp³-hybridized carbons (Fsp3) is 0.346. The molecule has 0 amide bonds. The van der Waals surface area contributed by atoms with Crippen LogP contribution in [0.1, 0.15) is 25.0 Å². The quantitative estimate of drug-likeness (QED) is 0.253. The first-order valence-electron chi connectivity index (χ1n) is 12.1. The van der Waals surface area contributed by atoms with Crippen molar-refractivity contribution < 1.29 is 14.6 Å². The lowest BCUT2D eigenvalue weighted by Crippen LogP contribution is -2.33. The van der Waals surface area contributed by atoms with Crippen molar-refractivity contribution in [1.82, 2.24) is 25.1 Å². The van der Waals surface area contributed by atoms with Crippen molar-refractivity contribution >= 4 is 34.0 Å². The number of aromatic nitrogens is 4. The minimum Gasteiger partial charge on any atom is -0.486 e. The number of halogens is 1. The molecule has 9 nitrogen and oxygen atoms in total. The second-order valence-corrected chi connectivity index (χ2v) is 9.11. The zero-order valence-electron chi connectivity index (χ0n) is 19.9. The summed E-state index contributed by atoms with van der Waals surface area (Å²) >= 11 is 6.48. The molecule has 0 aliphatic carbocycles. The lowest BCUT2D eigenvalue weighted by atomic mass is 10.2. The third-order valence-corrected chi connectivity index (χ3v) is 6.57. The third-order valence-electron chi connectivity index (χ3n) is 6.28. The molecule has 1 aromatic carbocycles. The van der Waals surface area contributed by atoms with Crippen molar-refractivity contribution in [3.8, 4) is 11.6 Å². The van der Waals surface area contributed by atoms with Crippen LogP contribution in [0.2, 0.25) is 5.02 Å². The summed E-state index contributed by atoms with van der Waals surface area (Å²) in [6.07, 6.45) is 6.49. The van der Waals surface area contributed by atoms with Crippen molar-refractivity contribution in [2.45, 2.75) is 31.9 Å². The van der Waals surface area contributed by atoms with Gasteiger partial charge in [-0.15, -0.1) is 5.10 Å². The second kappa shape index (κ2) is 11.6. The molecule has 10 heteroatoms. The Labute approximate surface area is 214 Å². The highest BCUT2D eigenvalue weighted by atomic mass is 35.5. The highest BCUT2D eigenvalue weighted by Crippen LogP contribution is 2.33. The van der Waals surface area contributed by atoms with Gasteiger partial charge in [-0.05, 0) is 62.2 Å². The first kappa shape index (κ1) is 24.3. The first-order valence-corrected chi connectivity index (χ1v) is 12.5. The fourth-order valence-corrected chi connectivity index (χ4v) is 4.67. The van der Waals surface area contributed by atoms with Crippen LogP contribution in [0.3, 0.4) is 0 Å². The maximum atomic E-state index is 9.50. The average molecular weight is 509 g/mol. The summed E-state index contributed by atoms with van der Waals surface area (Å²) in [6.45, 7) is 3.00. The van der Waals surface area contributed by atoms with Crippen LogP contribution < -0.4 is 14.8 Å². The molecule has 3 aromatic heterocycles. The summed E-state index contributed by atoms with van der Waals surface area (Å²) < 4.78 is 11.8. The minimum atomic E-state index is 0.215. The van der Waals surface area contributed by atoms with Crippen LogP contribution in [0.5, 0.6) is 11.6 Å². The molecule has 4 heterocycles. The molecule has 188 valence electrons. The number of nitrogens with one attached hydrogen (secondary N) is 2. The van der Waals surface area contributed by atoms with E-state index < -0.39 is 0 Å². The van der Waals surface area contributed by atoms with Gasteiger partial charge in [-0.3, -0.25) is 15.0 Å². The number of aliphatic hydroxyl groups is 1. The van der Waals surface area contributed by atoms with Gasteiger partial charge in [0.15, 0.2) is 0 Å². The van der Waals surface area contributed by atoms with Crippen molar-refractivity contribution in [3.05, 3.63) is 65.6 Å². The Balaban J connectivity index is 1.23. The largest absolute Gasteiger partial charge is 0.486 e. The number of hydrogen-bond donors (Lipinski definition) is 3. The standard InChI is InChI=1S/C26H29ClN6O3/c27-21-15-18(7-8-23(21)36-17-19-5-1-2-10-28-19)30-25-24-22(9-11-29-25)31-32-26(24)35-14-4-13-33-12-3-6-20(33)16-34/h1-2,5,7-11,15,20,34H,3-4,6,12-14,16-17H2,(H,29,30)(H,31,32)/t20-/m1/s1. The average Bonchev–Trinajstić information content (AvgIpc) is 3.54. The van der Waals surface area contributed by atoms with Gasteiger partial charge in [0.25, 0.3) is 0 Å². The smallest absolute Gasteiger partial charge is 0.244 e. The van der Waals surface area contributed by atoms with Crippen molar-refractivity contribution in [1.29, 1.82) is 0 Å². The predicted molar refractivity (Wildman–Crippen MR) is 139 cm³/mol. The molecule has 3 N–H and O–H groups in total. The molecule has 0 saturated carbocycles. The van der Waals surface area contributed by atoms with Gasteiger partial charge in [0.2, 0.25) is 5.88 Å². The Bertz CT molecular complexity index is 1290. The van der Waals surface area contributed by atoms with Gasteiger partial charge in [0, 0.05) is 30.7 Å². The van der Waals surface area contributed by atoms with Gasteiger partial charge < -0.3 is 19.9 Å². The molecule has 1 fully saturated rings. The van der Waals surface area contributed by atoms with Gasteiger partial charge in [0.1, 0.15) is 23.6 Å². The third kappa shape index (κ3) is 5.70. The molecule has 0 bridgehead atoms. The van der Waals surface area contributed by atoms with Crippen LogP contribution in [-0.4, -0.2) is 62.5 Å². The number of fused-ring (bicyclic) bond motifs is 1. The Hall–Kier alpha value is -3.40. The molecule has 0 radical (unpaired) electrons. The van der Waals surface area contributed by atoms with Crippen LogP contribution in [0.4, 0.5) is 11.5 Å². The van der Waals surface area contributed by atoms with E-state index in [-0.39, 0.29) is 12.6 Å². The van der Waals surface area contributed by atoms with E-state index >= 15 is 0 Å². The number of ether oxygens (including phenoxy) is 2. The normalized spacial score (nSPS) is 15.9. The number of likely N-dealkylation sites (tertiary alicyclic amines) is 1. The summed E-state index contributed by atoms with van der Waals surface area (Å²) in [7, 11) is 0. The topological polar surface area (TPSA) is 108 Å². The molecule has 1 atom stereocenters. The van der Waals surface area contributed by atoms with E-state index in [1.165, 1.54) is 0 Å². The highest BCUT2D eigenvalue weighted by Gasteiger charge is 2.23. The van der Waals surface area contributed by atoms with Gasteiger partial charge in [-0.2, -0.15) is 0 Å². The summed E-state index contributed by atoms with van der Waals surface area (Å²) in [5.41, 5.74) is 2.41. The molecule has 36 heavy (non-hydrogen) atoms. The molecular weight excluding hydrogens is 480 g/mol. The molecule has 0 spiro atoms. The van der Waals surface area contributed by atoms with E-state index in [9.17, 15) is 5.11 Å². The fourth-order valence-electron chi connectivity index (χ4n) is 4.44. The van der Waals surface area contributed by atoms with Crippen molar-refractivity contribution in [3.63, 3.8) is 0 Å². The zero-order valence-corrected chi connectivity index (χ0v) is 20.6. The van der Waals surface area contributed by atoms with Crippen molar-refractivity contribution in [2.24, 2.45) is 0 Å². The number of benzene rings is 1. The summed E-state index contributed by atoms with van der Waals surface area (Å²) in [6, 6.07) is 13.3. The summed E-state index contributed by atoms with van der Waals surface area (Å²) in [4.78, 5) is 11.1. The van der Waals surface area contributed by atoms with Gasteiger partial charge in [-0.25, -0.2) is 4.98 Å². The maximum absolute atomic E-state index is 9.50. The number of rotatable bonds is 11. The molecule has 1 aliphatic rings. The van der Waals surface area contributed by atoms with Gasteiger partial charge >= 0.3 is 0 Å². The van der Waals surface area contributed by atoms with E-state index in [1.807, 2.05) is 36.4 Å². The van der Waals surface area contributed by atoms with E-state index in [1.54, 1.807) is 18.5 Å². The number of anilines is 2. The number of nitrogens with zero attached hydrogens (tertiary/aromatic N) is 4. The van der Waals surface area contributed by atoms with Crippen LogP contribution in [0, 0.1) is 0 Å². The monoisotopic (exact) mass is 508 g/mol. The minimum absolute atomic E-state index is 0.215. The summed E-state index contributed by atoms with van der Waals surface area (Å²) in [5, 5.41) is 21.4. The van der Waals surface area contributed by atoms with Gasteiger partial charge in [-0.1, -0.05) is 17.7 Å². The predicted octanol–water partition coefficient (Wildman–Crippen LogP) is 4.55. The number of H-pyrrole nitrogens is 1. The Morgan fingerprint density at radius 2 is 2.08 bits per heavy atom.